The Labute approximate surface area is 171 Å². The van der Waals surface area contributed by atoms with E-state index in [1.54, 1.807) is 4.90 Å². The first-order valence-electron chi connectivity index (χ1n) is 9.20. The van der Waals surface area contributed by atoms with Gasteiger partial charge < -0.3 is 9.64 Å². The lowest BCUT2D eigenvalue weighted by Crippen LogP contribution is -2.49. The zero-order chi connectivity index (χ0) is 21.2. The second-order valence-electron chi connectivity index (χ2n) is 7.86. The number of benzene rings is 1. The van der Waals surface area contributed by atoms with Crippen LogP contribution in [-0.2, 0) is 17.5 Å². The van der Waals surface area contributed by atoms with Crippen LogP contribution in [0.3, 0.4) is 0 Å². The van der Waals surface area contributed by atoms with Crippen LogP contribution in [0, 0.1) is 0 Å². The number of amides is 1. The fourth-order valence-electron chi connectivity index (χ4n) is 3.04. The maximum Gasteiger partial charge on any atom is 0.416 e. The molecule has 29 heavy (non-hydrogen) atoms. The van der Waals surface area contributed by atoms with E-state index in [1.807, 2.05) is 20.8 Å². The van der Waals surface area contributed by atoms with Gasteiger partial charge >= 0.3 is 12.3 Å². The fraction of sp³-hybridized carbons (Fsp3) is 0.526. The molecule has 2 heterocycles. The minimum atomic E-state index is -4.42. The Balaban J connectivity index is 1.70. The maximum atomic E-state index is 13.1. The molecule has 0 spiro atoms. The molecule has 0 aliphatic carbocycles. The van der Waals surface area contributed by atoms with Crippen molar-refractivity contribution < 1.29 is 22.7 Å². The van der Waals surface area contributed by atoms with Gasteiger partial charge in [-0.05, 0) is 38.5 Å². The summed E-state index contributed by atoms with van der Waals surface area (Å²) in [5, 5.41) is 8.16. The monoisotopic (exact) mass is 428 g/mol. The summed E-state index contributed by atoms with van der Waals surface area (Å²) in [4.78, 5) is 15.9. The third kappa shape index (κ3) is 5.66. The predicted octanol–water partition coefficient (Wildman–Crippen LogP) is 4.28. The van der Waals surface area contributed by atoms with Gasteiger partial charge in [0, 0.05) is 38.3 Å². The number of halogens is 3. The van der Waals surface area contributed by atoms with E-state index >= 15 is 0 Å². The van der Waals surface area contributed by atoms with Crippen molar-refractivity contribution in [1.82, 2.24) is 20.0 Å². The Morgan fingerprint density at radius 2 is 1.86 bits per heavy atom. The number of carbonyl (C=O) groups is 1. The summed E-state index contributed by atoms with van der Waals surface area (Å²) >= 11 is 1.20. The van der Waals surface area contributed by atoms with Gasteiger partial charge in [-0.25, -0.2) is 4.79 Å². The molecule has 3 rings (SSSR count). The smallest absolute Gasteiger partial charge is 0.416 e. The maximum absolute atomic E-state index is 13.1. The number of hydrogen-bond donors (Lipinski definition) is 0. The SMILES string of the molecule is CC(C)(C)OC(=O)N1CCN(Cc2ccc(C(F)(F)F)cc2-c2nncs2)CC1. The highest BCUT2D eigenvalue weighted by Gasteiger charge is 2.32. The molecule has 0 saturated carbocycles. The van der Waals surface area contributed by atoms with Crippen molar-refractivity contribution in [2.45, 2.75) is 39.1 Å². The highest BCUT2D eigenvalue weighted by molar-refractivity contribution is 7.12. The lowest BCUT2D eigenvalue weighted by molar-refractivity contribution is -0.137. The van der Waals surface area contributed by atoms with Crippen molar-refractivity contribution >= 4 is 17.4 Å². The Hall–Kier alpha value is -2.20. The minimum absolute atomic E-state index is 0.346. The Bertz CT molecular complexity index is 842. The number of ether oxygens (including phenoxy) is 1. The van der Waals surface area contributed by atoms with Crippen LogP contribution in [0.25, 0.3) is 10.6 Å². The van der Waals surface area contributed by atoms with E-state index in [0.29, 0.717) is 43.3 Å². The molecule has 1 aromatic carbocycles. The number of carbonyl (C=O) groups excluding carboxylic acids is 1. The van der Waals surface area contributed by atoms with Crippen LogP contribution < -0.4 is 0 Å². The van der Waals surface area contributed by atoms with Crippen LogP contribution in [-0.4, -0.2) is 57.9 Å². The van der Waals surface area contributed by atoms with E-state index in [-0.39, 0.29) is 6.09 Å². The lowest BCUT2D eigenvalue weighted by Gasteiger charge is -2.35. The molecule has 0 unspecified atom stereocenters. The van der Waals surface area contributed by atoms with Gasteiger partial charge in [0.05, 0.1) is 5.56 Å². The van der Waals surface area contributed by atoms with Crippen LogP contribution in [0.2, 0.25) is 0 Å². The number of hydrogen-bond acceptors (Lipinski definition) is 6. The van der Waals surface area contributed by atoms with E-state index < -0.39 is 17.3 Å². The van der Waals surface area contributed by atoms with Gasteiger partial charge in [0.2, 0.25) is 0 Å². The predicted molar refractivity (Wildman–Crippen MR) is 103 cm³/mol. The minimum Gasteiger partial charge on any atom is -0.444 e. The van der Waals surface area contributed by atoms with Gasteiger partial charge in [-0.2, -0.15) is 13.2 Å². The van der Waals surface area contributed by atoms with Crippen molar-refractivity contribution in [2.24, 2.45) is 0 Å². The molecule has 0 bridgehead atoms. The first-order valence-corrected chi connectivity index (χ1v) is 10.1. The standard InChI is InChI=1S/C19H23F3N4O2S/c1-18(2,3)28-17(27)26-8-6-25(7-9-26)11-13-4-5-14(19(20,21)22)10-15(13)16-24-23-12-29-16/h4-5,10,12H,6-9,11H2,1-3H3. The number of alkyl halides is 3. The second kappa shape index (κ2) is 8.27. The van der Waals surface area contributed by atoms with Gasteiger partial charge in [0.15, 0.2) is 0 Å². The van der Waals surface area contributed by atoms with Crippen LogP contribution in [0.5, 0.6) is 0 Å². The summed E-state index contributed by atoms with van der Waals surface area (Å²) < 4.78 is 44.8. The van der Waals surface area contributed by atoms with Crippen LogP contribution in [0.1, 0.15) is 31.9 Å². The van der Waals surface area contributed by atoms with Crippen molar-refractivity contribution in [2.75, 3.05) is 26.2 Å². The van der Waals surface area contributed by atoms with Crippen molar-refractivity contribution in [3.63, 3.8) is 0 Å². The Morgan fingerprint density at radius 3 is 2.41 bits per heavy atom. The lowest BCUT2D eigenvalue weighted by atomic mass is 10.0. The highest BCUT2D eigenvalue weighted by atomic mass is 32.1. The highest BCUT2D eigenvalue weighted by Crippen LogP contribution is 2.35. The molecule has 1 amide bonds. The Morgan fingerprint density at radius 1 is 1.17 bits per heavy atom. The molecule has 2 aromatic rings. The molecule has 1 aromatic heterocycles. The number of aromatic nitrogens is 2. The molecule has 1 aliphatic rings. The summed E-state index contributed by atoms with van der Waals surface area (Å²) in [6, 6.07) is 3.73. The summed E-state index contributed by atoms with van der Waals surface area (Å²) in [5.74, 6) is 0. The Kier molecular flexibility index (Phi) is 6.13. The van der Waals surface area contributed by atoms with E-state index in [0.717, 1.165) is 17.7 Å². The van der Waals surface area contributed by atoms with Gasteiger partial charge in [0.25, 0.3) is 0 Å². The molecule has 1 aliphatic heterocycles. The summed E-state index contributed by atoms with van der Waals surface area (Å²) in [6.07, 6.45) is -4.77. The van der Waals surface area contributed by atoms with Gasteiger partial charge in [0.1, 0.15) is 16.1 Å². The van der Waals surface area contributed by atoms with E-state index in [4.69, 9.17) is 4.74 Å². The van der Waals surface area contributed by atoms with Crippen LogP contribution in [0.15, 0.2) is 23.7 Å². The zero-order valence-electron chi connectivity index (χ0n) is 16.5. The molecular weight excluding hydrogens is 405 g/mol. The molecule has 6 nitrogen and oxygen atoms in total. The van der Waals surface area contributed by atoms with Crippen LogP contribution >= 0.6 is 11.3 Å². The fourth-order valence-corrected chi connectivity index (χ4v) is 3.64. The average molecular weight is 428 g/mol. The first-order chi connectivity index (χ1) is 13.5. The number of rotatable bonds is 3. The van der Waals surface area contributed by atoms with E-state index in [1.165, 1.54) is 22.9 Å². The second-order valence-corrected chi connectivity index (χ2v) is 8.69. The van der Waals surface area contributed by atoms with E-state index in [9.17, 15) is 18.0 Å². The van der Waals surface area contributed by atoms with Crippen molar-refractivity contribution in [3.8, 4) is 10.6 Å². The van der Waals surface area contributed by atoms with Crippen molar-refractivity contribution in [3.05, 3.63) is 34.8 Å². The number of piperazine rings is 1. The topological polar surface area (TPSA) is 58.6 Å². The molecule has 0 radical (unpaired) electrons. The normalized spacial score (nSPS) is 16.1. The quantitative estimate of drug-likeness (QED) is 0.731. The molecule has 10 heteroatoms. The largest absolute Gasteiger partial charge is 0.444 e. The molecule has 1 saturated heterocycles. The third-order valence-electron chi connectivity index (χ3n) is 4.45. The average Bonchev–Trinajstić information content (AvgIpc) is 3.14. The van der Waals surface area contributed by atoms with Gasteiger partial charge in [-0.15, -0.1) is 10.2 Å². The number of nitrogens with zero attached hydrogens (tertiary/aromatic N) is 4. The summed E-state index contributed by atoms with van der Waals surface area (Å²) in [7, 11) is 0. The van der Waals surface area contributed by atoms with Gasteiger partial charge in [-0.1, -0.05) is 17.4 Å². The molecule has 0 N–H and O–H groups in total. The molecule has 158 valence electrons. The van der Waals surface area contributed by atoms with Crippen LogP contribution in [0.4, 0.5) is 18.0 Å². The third-order valence-corrected chi connectivity index (χ3v) is 5.17. The van der Waals surface area contributed by atoms with E-state index in [2.05, 4.69) is 15.1 Å². The zero-order valence-corrected chi connectivity index (χ0v) is 17.3. The molecule has 0 atom stereocenters. The summed E-state index contributed by atoms with van der Waals surface area (Å²) in [5.41, 5.74) is 1.43. The molecular formula is C19H23F3N4O2S. The van der Waals surface area contributed by atoms with Crippen molar-refractivity contribution in [1.29, 1.82) is 0 Å². The van der Waals surface area contributed by atoms with Gasteiger partial charge in [-0.3, -0.25) is 4.90 Å². The first kappa shape index (κ1) is 21.5. The molecule has 1 fully saturated rings. The summed E-state index contributed by atoms with van der Waals surface area (Å²) in [6.45, 7) is 8.15.